The Hall–Kier alpha value is -0.540. The third-order valence-electron chi connectivity index (χ3n) is 2.94. The lowest BCUT2D eigenvalue weighted by Crippen LogP contribution is -2.41. The lowest BCUT2D eigenvalue weighted by Gasteiger charge is -2.27. The molecular formula is C13H18N2OS2. The van der Waals surface area contributed by atoms with Crippen molar-refractivity contribution in [3.8, 4) is 6.07 Å². The molecule has 0 bridgehead atoms. The van der Waals surface area contributed by atoms with Crippen LogP contribution in [0.15, 0.2) is 11.4 Å². The van der Waals surface area contributed by atoms with Crippen LogP contribution in [0.25, 0.3) is 0 Å². The van der Waals surface area contributed by atoms with Gasteiger partial charge in [0.1, 0.15) is 10.8 Å². The summed E-state index contributed by atoms with van der Waals surface area (Å²) >= 11 is 0.516. The summed E-state index contributed by atoms with van der Waals surface area (Å²) in [6.45, 7) is 5.90. The van der Waals surface area contributed by atoms with E-state index in [0.717, 1.165) is 4.88 Å². The van der Waals surface area contributed by atoms with Crippen molar-refractivity contribution in [1.29, 1.82) is 5.26 Å². The molecule has 0 amide bonds. The maximum Gasteiger partial charge on any atom is 0.136 e. The van der Waals surface area contributed by atoms with Crippen molar-refractivity contribution in [2.75, 3.05) is 0 Å². The van der Waals surface area contributed by atoms with Crippen LogP contribution in [0.5, 0.6) is 0 Å². The fourth-order valence-corrected chi connectivity index (χ4v) is 3.64. The first-order valence-electron chi connectivity index (χ1n) is 6.08. The van der Waals surface area contributed by atoms with E-state index in [2.05, 4.69) is 10.8 Å². The van der Waals surface area contributed by atoms with E-state index in [4.69, 9.17) is 5.26 Å². The zero-order chi connectivity index (χ0) is 13.3. The van der Waals surface area contributed by atoms with E-state index in [0.29, 0.717) is 11.5 Å². The molecule has 1 aliphatic rings. The fraction of sp³-hybridized carbons (Fsp3) is 0.615. The lowest BCUT2D eigenvalue weighted by atomic mass is 10.1. The zero-order valence-electron chi connectivity index (χ0n) is 10.9. The molecule has 98 valence electrons. The van der Waals surface area contributed by atoms with Crippen LogP contribution in [0.3, 0.4) is 0 Å². The van der Waals surface area contributed by atoms with Crippen LogP contribution in [-0.2, 0) is 11.4 Å². The highest BCUT2D eigenvalue weighted by Crippen LogP contribution is 2.43. The number of hydrogen-bond donors (Lipinski definition) is 1. The normalized spacial score (nSPS) is 19.3. The maximum atomic E-state index is 12.2. The summed E-state index contributed by atoms with van der Waals surface area (Å²) in [7, 11) is 0. The molecule has 2 unspecified atom stereocenters. The van der Waals surface area contributed by atoms with Crippen molar-refractivity contribution in [2.24, 2.45) is 5.92 Å². The van der Waals surface area contributed by atoms with E-state index in [-0.39, 0.29) is 10.8 Å². The summed E-state index contributed by atoms with van der Waals surface area (Å²) in [4.78, 5) is 1.13. The number of nitrogens with one attached hydrogen (secondary N) is 1. The van der Waals surface area contributed by atoms with Crippen molar-refractivity contribution in [3.05, 3.63) is 21.9 Å². The average molecular weight is 282 g/mol. The molecule has 1 saturated carbocycles. The standard InChI is InChI=1S/C13H18N2OS2/c1-13(2,3)18(16)15-12(10-4-5-10)11-6-9(7-14)8-17-11/h6,8,10,12,15H,4-5H2,1-3H3. The second kappa shape index (κ2) is 5.22. The Bertz CT molecular complexity index is 454. The number of nitrogens with zero attached hydrogens (tertiary/aromatic N) is 1. The third kappa shape index (κ3) is 3.27. The minimum atomic E-state index is -1.07. The Morgan fingerprint density at radius 3 is 2.67 bits per heavy atom. The Kier molecular flexibility index (Phi) is 4.02. The monoisotopic (exact) mass is 282 g/mol. The van der Waals surface area contributed by atoms with Crippen molar-refractivity contribution < 1.29 is 4.55 Å². The van der Waals surface area contributed by atoms with Crippen molar-refractivity contribution in [2.45, 2.75) is 44.4 Å². The number of rotatable bonds is 4. The largest absolute Gasteiger partial charge is 0.598 e. The van der Waals surface area contributed by atoms with E-state index >= 15 is 0 Å². The van der Waals surface area contributed by atoms with Gasteiger partial charge >= 0.3 is 0 Å². The number of hydrogen-bond acceptors (Lipinski definition) is 4. The molecule has 3 nitrogen and oxygen atoms in total. The molecule has 0 saturated heterocycles. The average Bonchev–Trinajstić information content (AvgIpc) is 3.02. The summed E-state index contributed by atoms with van der Waals surface area (Å²) < 4.78 is 15.2. The van der Waals surface area contributed by atoms with Gasteiger partial charge in [0, 0.05) is 21.6 Å². The lowest BCUT2D eigenvalue weighted by molar-refractivity contribution is 0.507. The molecule has 0 radical (unpaired) electrons. The summed E-state index contributed by atoms with van der Waals surface area (Å²) in [5, 5.41) is 10.7. The molecule has 0 aromatic carbocycles. The van der Waals surface area contributed by atoms with Gasteiger partial charge in [-0.3, -0.25) is 0 Å². The van der Waals surface area contributed by atoms with Crippen molar-refractivity contribution >= 4 is 22.7 Å². The van der Waals surface area contributed by atoms with E-state index in [1.807, 2.05) is 32.2 Å². The van der Waals surface area contributed by atoms with Gasteiger partial charge in [-0.1, -0.05) is 0 Å². The topological polar surface area (TPSA) is 58.9 Å². The third-order valence-corrected chi connectivity index (χ3v) is 5.54. The summed E-state index contributed by atoms with van der Waals surface area (Å²) in [5.41, 5.74) is 0.698. The first-order valence-corrected chi connectivity index (χ1v) is 8.11. The van der Waals surface area contributed by atoms with Gasteiger partial charge in [-0.2, -0.15) is 5.26 Å². The van der Waals surface area contributed by atoms with E-state index in [1.165, 1.54) is 12.8 Å². The molecule has 1 aromatic heterocycles. The SMILES string of the molecule is CC(C)(C)[S+]([O-])NC(c1cc(C#N)cs1)C1CC1. The van der Waals surface area contributed by atoms with E-state index in [9.17, 15) is 4.55 Å². The molecular weight excluding hydrogens is 264 g/mol. The van der Waals surface area contributed by atoms with Gasteiger partial charge in [-0.05, 0) is 45.6 Å². The number of nitriles is 1. The van der Waals surface area contributed by atoms with Crippen molar-refractivity contribution in [3.63, 3.8) is 0 Å². The minimum absolute atomic E-state index is 0.136. The predicted octanol–water partition coefficient (Wildman–Crippen LogP) is 3.12. The fourth-order valence-electron chi connectivity index (χ4n) is 1.68. The Morgan fingerprint density at radius 2 is 2.22 bits per heavy atom. The first kappa shape index (κ1) is 13.9. The summed E-state index contributed by atoms with van der Waals surface area (Å²) in [5.74, 6) is 0.571. The van der Waals surface area contributed by atoms with Gasteiger partial charge < -0.3 is 4.55 Å². The summed E-state index contributed by atoms with van der Waals surface area (Å²) in [6, 6.07) is 4.21. The van der Waals surface area contributed by atoms with Gasteiger partial charge in [0.05, 0.1) is 11.6 Å². The molecule has 0 aliphatic heterocycles. The van der Waals surface area contributed by atoms with Crippen LogP contribution in [-0.4, -0.2) is 9.30 Å². The molecule has 2 atom stereocenters. The quantitative estimate of drug-likeness (QED) is 0.863. The molecule has 1 heterocycles. The van der Waals surface area contributed by atoms with Gasteiger partial charge in [0.2, 0.25) is 0 Å². The smallest absolute Gasteiger partial charge is 0.136 e. The molecule has 1 aromatic rings. The van der Waals surface area contributed by atoms with Gasteiger partial charge in [0.25, 0.3) is 0 Å². The molecule has 1 aliphatic carbocycles. The summed E-state index contributed by atoms with van der Waals surface area (Å²) in [6.07, 6.45) is 2.36. The van der Waals surface area contributed by atoms with Crippen LogP contribution in [0.2, 0.25) is 0 Å². The predicted molar refractivity (Wildman–Crippen MR) is 75.5 cm³/mol. The van der Waals surface area contributed by atoms with Gasteiger partial charge in [0.15, 0.2) is 0 Å². The zero-order valence-corrected chi connectivity index (χ0v) is 12.5. The van der Waals surface area contributed by atoms with Crippen LogP contribution in [0.4, 0.5) is 0 Å². The van der Waals surface area contributed by atoms with Crippen LogP contribution in [0.1, 0.15) is 50.1 Å². The molecule has 1 fully saturated rings. The molecule has 2 rings (SSSR count). The number of thiophene rings is 1. The Labute approximate surface area is 116 Å². The molecule has 18 heavy (non-hydrogen) atoms. The maximum absolute atomic E-state index is 12.2. The minimum Gasteiger partial charge on any atom is -0.598 e. The van der Waals surface area contributed by atoms with Gasteiger partial charge in [-0.25, -0.2) is 0 Å². The van der Waals surface area contributed by atoms with Gasteiger partial charge in [-0.15, -0.1) is 16.1 Å². The molecule has 0 spiro atoms. The molecule has 1 N–H and O–H groups in total. The highest BCUT2D eigenvalue weighted by atomic mass is 32.2. The second-order valence-electron chi connectivity index (χ2n) is 5.66. The first-order chi connectivity index (χ1) is 8.41. The van der Waals surface area contributed by atoms with E-state index in [1.54, 1.807) is 11.3 Å². The second-order valence-corrected chi connectivity index (χ2v) is 8.60. The van der Waals surface area contributed by atoms with Crippen LogP contribution >= 0.6 is 11.3 Å². The Morgan fingerprint density at radius 1 is 1.56 bits per heavy atom. The van der Waals surface area contributed by atoms with Crippen LogP contribution in [0, 0.1) is 17.2 Å². The van der Waals surface area contributed by atoms with Crippen molar-refractivity contribution in [1.82, 2.24) is 4.72 Å². The Balaban J connectivity index is 2.12. The highest BCUT2D eigenvalue weighted by molar-refractivity contribution is 7.90. The van der Waals surface area contributed by atoms with Crippen LogP contribution < -0.4 is 4.72 Å². The molecule has 5 heteroatoms. The highest BCUT2D eigenvalue weighted by Gasteiger charge is 2.39. The van der Waals surface area contributed by atoms with E-state index < -0.39 is 11.4 Å².